The molecular weight excluding hydrogens is 348 g/mol. The lowest BCUT2D eigenvalue weighted by Gasteiger charge is -2.15. The van der Waals surface area contributed by atoms with E-state index in [1.165, 1.54) is 4.88 Å². The number of thiophene rings is 1. The molecule has 3 nitrogen and oxygen atoms in total. The van der Waals surface area contributed by atoms with E-state index in [-0.39, 0.29) is 6.04 Å². The van der Waals surface area contributed by atoms with Gasteiger partial charge in [0.05, 0.1) is 20.5 Å². The zero-order valence-electron chi connectivity index (χ0n) is 10.1. The molecule has 0 spiro atoms. The standard InChI is InChI=1S/C13H12BrClN2OS/c1-7(11-4-5-12(14)19-11)17-10-6-8(13(16)18)2-3-9(10)15/h2-7,17H,1H3,(H2,16,18). The molecule has 3 N–H and O–H groups in total. The van der Waals surface area contributed by atoms with Crippen molar-refractivity contribution in [2.75, 3.05) is 5.32 Å². The van der Waals surface area contributed by atoms with Crippen LogP contribution in [0.5, 0.6) is 0 Å². The number of anilines is 1. The first kappa shape index (κ1) is 14.4. The minimum Gasteiger partial charge on any atom is -0.376 e. The lowest BCUT2D eigenvalue weighted by molar-refractivity contribution is 0.100. The second-order valence-electron chi connectivity index (χ2n) is 4.07. The van der Waals surface area contributed by atoms with Crippen LogP contribution in [-0.2, 0) is 0 Å². The molecule has 0 aliphatic heterocycles. The summed E-state index contributed by atoms with van der Waals surface area (Å²) in [5, 5.41) is 3.85. The molecule has 0 saturated heterocycles. The van der Waals surface area contributed by atoms with Gasteiger partial charge in [0.15, 0.2) is 0 Å². The molecule has 1 amide bonds. The average Bonchev–Trinajstić information content (AvgIpc) is 2.78. The van der Waals surface area contributed by atoms with Crippen LogP contribution in [0.3, 0.4) is 0 Å². The third-order valence-corrected chi connectivity index (χ3v) is 4.78. The molecule has 0 bridgehead atoms. The zero-order chi connectivity index (χ0) is 14.0. The monoisotopic (exact) mass is 358 g/mol. The van der Waals surface area contributed by atoms with Crippen LogP contribution in [0.2, 0.25) is 5.02 Å². The first-order valence-corrected chi connectivity index (χ1v) is 7.57. The summed E-state index contributed by atoms with van der Waals surface area (Å²) in [6.07, 6.45) is 0. The summed E-state index contributed by atoms with van der Waals surface area (Å²) in [5.41, 5.74) is 6.40. The Morgan fingerprint density at radius 2 is 2.16 bits per heavy atom. The van der Waals surface area contributed by atoms with E-state index in [0.717, 1.165) is 3.79 Å². The number of carbonyl (C=O) groups excluding carboxylic acids is 1. The van der Waals surface area contributed by atoms with Crippen LogP contribution in [0.4, 0.5) is 5.69 Å². The summed E-state index contributed by atoms with van der Waals surface area (Å²) < 4.78 is 1.08. The zero-order valence-corrected chi connectivity index (χ0v) is 13.3. The molecule has 6 heteroatoms. The Kier molecular flexibility index (Phi) is 4.50. The smallest absolute Gasteiger partial charge is 0.248 e. The van der Waals surface area contributed by atoms with Gasteiger partial charge in [0, 0.05) is 10.4 Å². The predicted octanol–water partition coefficient (Wildman–Crippen LogP) is 4.44. The van der Waals surface area contributed by atoms with Crippen LogP contribution in [0.15, 0.2) is 34.1 Å². The van der Waals surface area contributed by atoms with Crippen molar-refractivity contribution in [1.29, 1.82) is 0 Å². The van der Waals surface area contributed by atoms with Gasteiger partial charge in [0.25, 0.3) is 0 Å². The van der Waals surface area contributed by atoms with Crippen LogP contribution in [0, 0.1) is 0 Å². The Labute approximate surface area is 128 Å². The van der Waals surface area contributed by atoms with E-state index >= 15 is 0 Å². The van der Waals surface area contributed by atoms with Crippen molar-refractivity contribution >= 4 is 50.5 Å². The number of benzene rings is 1. The van der Waals surface area contributed by atoms with Gasteiger partial charge in [-0.3, -0.25) is 4.79 Å². The fourth-order valence-electron chi connectivity index (χ4n) is 1.65. The maximum atomic E-state index is 11.2. The van der Waals surface area contributed by atoms with Crippen molar-refractivity contribution in [3.8, 4) is 0 Å². The number of nitrogens with one attached hydrogen (secondary N) is 1. The number of hydrogen-bond donors (Lipinski definition) is 2. The normalized spacial score (nSPS) is 12.2. The molecule has 0 fully saturated rings. The van der Waals surface area contributed by atoms with E-state index in [4.69, 9.17) is 17.3 Å². The van der Waals surface area contributed by atoms with Gasteiger partial charge in [-0.25, -0.2) is 0 Å². The minimum atomic E-state index is -0.466. The summed E-state index contributed by atoms with van der Waals surface area (Å²) in [4.78, 5) is 12.3. The number of hydrogen-bond acceptors (Lipinski definition) is 3. The molecule has 0 saturated carbocycles. The van der Waals surface area contributed by atoms with Crippen molar-refractivity contribution in [2.45, 2.75) is 13.0 Å². The highest BCUT2D eigenvalue weighted by Crippen LogP contribution is 2.31. The van der Waals surface area contributed by atoms with Gasteiger partial charge in [-0.05, 0) is 53.2 Å². The Morgan fingerprint density at radius 1 is 1.42 bits per heavy atom. The Bertz CT molecular complexity index is 614. The molecule has 0 aliphatic carbocycles. The van der Waals surface area contributed by atoms with Gasteiger partial charge >= 0.3 is 0 Å². The molecule has 1 aromatic carbocycles. The quantitative estimate of drug-likeness (QED) is 0.848. The summed E-state index contributed by atoms with van der Waals surface area (Å²) in [6.45, 7) is 2.03. The lowest BCUT2D eigenvalue weighted by atomic mass is 10.1. The summed E-state index contributed by atoms with van der Waals surface area (Å²) >= 11 is 11.2. The number of amides is 1. The van der Waals surface area contributed by atoms with E-state index in [9.17, 15) is 4.79 Å². The fourth-order valence-corrected chi connectivity index (χ4v) is 3.25. The van der Waals surface area contributed by atoms with E-state index in [1.54, 1.807) is 29.5 Å². The van der Waals surface area contributed by atoms with Gasteiger partial charge < -0.3 is 11.1 Å². The molecular formula is C13H12BrClN2OS. The lowest BCUT2D eigenvalue weighted by Crippen LogP contribution is -2.12. The van der Waals surface area contributed by atoms with Crippen molar-refractivity contribution in [1.82, 2.24) is 0 Å². The average molecular weight is 360 g/mol. The largest absolute Gasteiger partial charge is 0.376 e. The van der Waals surface area contributed by atoms with Crippen LogP contribution in [-0.4, -0.2) is 5.91 Å². The van der Waals surface area contributed by atoms with Gasteiger partial charge in [0.2, 0.25) is 5.91 Å². The number of halogens is 2. The highest BCUT2D eigenvalue weighted by molar-refractivity contribution is 9.11. The van der Waals surface area contributed by atoms with Crippen molar-refractivity contribution in [3.63, 3.8) is 0 Å². The highest BCUT2D eigenvalue weighted by Gasteiger charge is 2.11. The van der Waals surface area contributed by atoms with Gasteiger partial charge in [-0.1, -0.05) is 11.6 Å². The molecule has 0 radical (unpaired) electrons. The van der Waals surface area contributed by atoms with E-state index < -0.39 is 5.91 Å². The van der Waals surface area contributed by atoms with Crippen LogP contribution in [0.1, 0.15) is 28.2 Å². The van der Waals surface area contributed by atoms with Gasteiger partial charge in [0.1, 0.15) is 0 Å². The summed E-state index contributed by atoms with van der Waals surface area (Å²) in [7, 11) is 0. The number of rotatable bonds is 4. The van der Waals surface area contributed by atoms with Gasteiger partial charge in [-0.2, -0.15) is 0 Å². The second kappa shape index (κ2) is 5.94. The Hall–Kier alpha value is -1.04. The van der Waals surface area contributed by atoms with Crippen LogP contribution >= 0.6 is 38.9 Å². The maximum absolute atomic E-state index is 11.2. The van der Waals surface area contributed by atoms with Crippen LogP contribution < -0.4 is 11.1 Å². The van der Waals surface area contributed by atoms with E-state index in [2.05, 4.69) is 21.2 Å². The third kappa shape index (κ3) is 3.49. The maximum Gasteiger partial charge on any atom is 0.248 e. The molecule has 1 heterocycles. The predicted molar refractivity (Wildman–Crippen MR) is 84.0 cm³/mol. The second-order valence-corrected chi connectivity index (χ2v) is 6.97. The highest BCUT2D eigenvalue weighted by atomic mass is 79.9. The molecule has 19 heavy (non-hydrogen) atoms. The first-order valence-electron chi connectivity index (χ1n) is 5.58. The van der Waals surface area contributed by atoms with E-state index in [0.29, 0.717) is 16.3 Å². The number of primary amides is 1. The fraction of sp³-hybridized carbons (Fsp3) is 0.154. The van der Waals surface area contributed by atoms with Crippen molar-refractivity contribution < 1.29 is 4.79 Å². The minimum absolute atomic E-state index is 0.0944. The third-order valence-electron chi connectivity index (χ3n) is 2.64. The molecule has 100 valence electrons. The molecule has 0 aliphatic rings. The first-order chi connectivity index (χ1) is 8.97. The Balaban J connectivity index is 2.22. The molecule has 1 aromatic heterocycles. The number of nitrogens with two attached hydrogens (primary N) is 1. The molecule has 2 rings (SSSR count). The SMILES string of the molecule is CC(Nc1cc(C(N)=O)ccc1Cl)c1ccc(Br)s1. The summed E-state index contributed by atoms with van der Waals surface area (Å²) in [6, 6.07) is 9.09. The summed E-state index contributed by atoms with van der Waals surface area (Å²) in [5.74, 6) is -0.466. The van der Waals surface area contributed by atoms with Crippen molar-refractivity contribution in [3.05, 3.63) is 49.6 Å². The number of carbonyl (C=O) groups is 1. The molecule has 1 atom stereocenters. The topological polar surface area (TPSA) is 55.1 Å². The van der Waals surface area contributed by atoms with Crippen molar-refractivity contribution in [2.24, 2.45) is 5.73 Å². The molecule has 1 unspecified atom stereocenters. The van der Waals surface area contributed by atoms with Gasteiger partial charge in [-0.15, -0.1) is 11.3 Å². The molecule has 2 aromatic rings. The van der Waals surface area contributed by atoms with E-state index in [1.807, 2.05) is 19.1 Å². The van der Waals surface area contributed by atoms with Crippen LogP contribution in [0.25, 0.3) is 0 Å². The Morgan fingerprint density at radius 3 is 2.74 bits per heavy atom.